The first-order valence-corrected chi connectivity index (χ1v) is 8.38. The third kappa shape index (κ3) is 8.65. The molecule has 0 aliphatic carbocycles. The van der Waals surface area contributed by atoms with Crippen LogP contribution >= 0.6 is 0 Å². The molecule has 6 heteroatoms. The third-order valence-electron chi connectivity index (χ3n) is 3.17. The summed E-state index contributed by atoms with van der Waals surface area (Å²) in [5, 5.41) is 0. The summed E-state index contributed by atoms with van der Waals surface area (Å²) < 4.78 is 14.8. The summed E-state index contributed by atoms with van der Waals surface area (Å²) in [5.41, 5.74) is 1.12. The van der Waals surface area contributed by atoms with E-state index in [9.17, 15) is 0 Å². The highest BCUT2D eigenvalue weighted by Crippen LogP contribution is 2.18. The van der Waals surface area contributed by atoms with Crippen molar-refractivity contribution in [1.82, 2.24) is 15.0 Å². The van der Waals surface area contributed by atoms with Crippen molar-refractivity contribution < 1.29 is 13.3 Å². The van der Waals surface area contributed by atoms with Gasteiger partial charge in [-0.2, -0.15) is 0 Å². The van der Waals surface area contributed by atoms with Crippen molar-refractivity contribution in [3.8, 4) is 0 Å². The van der Waals surface area contributed by atoms with Gasteiger partial charge in [0.05, 0.1) is 18.1 Å². The van der Waals surface area contributed by atoms with Gasteiger partial charge in [0.2, 0.25) is 0 Å². The van der Waals surface area contributed by atoms with Crippen LogP contribution in [-0.4, -0.2) is 15.0 Å². The zero-order chi connectivity index (χ0) is 18.9. The van der Waals surface area contributed by atoms with E-state index in [4.69, 9.17) is 13.3 Å². The Hall–Kier alpha value is -2.37. The predicted molar refractivity (Wildman–Crippen MR) is 103 cm³/mol. The van der Waals surface area contributed by atoms with Gasteiger partial charge in [0.25, 0.3) is 0 Å². The average Bonchev–Trinajstić information content (AvgIpc) is 3.28. The second kappa shape index (κ2) is 11.3. The second-order valence-electron chi connectivity index (χ2n) is 7.21. The van der Waals surface area contributed by atoms with Crippen molar-refractivity contribution in [2.45, 2.75) is 73.1 Å². The summed E-state index contributed by atoms with van der Waals surface area (Å²) in [5.74, 6) is 2.62. The molecule has 0 aliphatic heterocycles. The lowest BCUT2D eigenvalue weighted by Crippen LogP contribution is -2.10. The molecule has 0 fully saturated rings. The topological polar surface area (TPSA) is 78.1 Å². The van der Waals surface area contributed by atoms with Gasteiger partial charge in [0, 0.05) is 17.3 Å². The molecule has 0 aromatic carbocycles. The van der Waals surface area contributed by atoms with E-state index in [-0.39, 0.29) is 12.8 Å². The fourth-order valence-corrected chi connectivity index (χ4v) is 1.61. The Morgan fingerprint density at radius 1 is 0.923 bits per heavy atom. The summed E-state index contributed by atoms with van der Waals surface area (Å²) in [4.78, 5) is 11.7. The molecule has 6 nitrogen and oxygen atoms in total. The van der Waals surface area contributed by atoms with Gasteiger partial charge in [-0.25, -0.2) is 15.0 Å². The van der Waals surface area contributed by atoms with E-state index in [2.05, 4.69) is 49.6 Å². The number of hydrogen-bond acceptors (Lipinski definition) is 6. The van der Waals surface area contributed by atoms with Crippen LogP contribution in [0.15, 0.2) is 51.0 Å². The van der Waals surface area contributed by atoms with E-state index in [1.165, 1.54) is 12.8 Å². The van der Waals surface area contributed by atoms with Crippen LogP contribution < -0.4 is 0 Å². The molecule has 0 atom stereocenters. The van der Waals surface area contributed by atoms with Gasteiger partial charge in [0.15, 0.2) is 18.7 Å². The molecule has 3 aromatic heterocycles. The number of oxazole rings is 3. The Kier molecular flexibility index (Phi) is 10.3. The Morgan fingerprint density at radius 2 is 1.62 bits per heavy atom. The van der Waals surface area contributed by atoms with Crippen LogP contribution in [0.4, 0.5) is 0 Å². The number of hydrogen-bond donors (Lipinski definition) is 0. The van der Waals surface area contributed by atoms with Crippen LogP contribution in [0.2, 0.25) is 0 Å². The molecule has 146 valence electrons. The second-order valence-corrected chi connectivity index (χ2v) is 7.21. The summed E-state index contributed by atoms with van der Waals surface area (Å²) in [6.45, 7) is 14.5. The Balaban J connectivity index is 0.000000355. The molecule has 0 amide bonds. The van der Waals surface area contributed by atoms with E-state index in [0.29, 0.717) is 11.8 Å². The molecule has 3 heterocycles. The molecule has 0 bridgehead atoms. The van der Waals surface area contributed by atoms with Crippen molar-refractivity contribution in [3.63, 3.8) is 0 Å². The highest BCUT2D eigenvalue weighted by atomic mass is 16.3. The molecular formula is C20H33N3O3. The number of rotatable bonds is 2. The van der Waals surface area contributed by atoms with Crippen molar-refractivity contribution in [1.29, 1.82) is 0 Å². The maximum Gasteiger partial charge on any atom is 0.196 e. The molecular weight excluding hydrogens is 330 g/mol. The highest BCUT2D eigenvalue weighted by Gasteiger charge is 2.15. The molecule has 0 spiro atoms. The zero-order valence-electron chi connectivity index (χ0n) is 16.2. The maximum absolute atomic E-state index is 4.98. The van der Waals surface area contributed by atoms with Crippen LogP contribution in [0.5, 0.6) is 0 Å². The summed E-state index contributed by atoms with van der Waals surface area (Å²) in [6.07, 6.45) is 9.59. The van der Waals surface area contributed by atoms with Crippen molar-refractivity contribution in [2.75, 3.05) is 0 Å². The first-order chi connectivity index (χ1) is 11.7. The summed E-state index contributed by atoms with van der Waals surface area (Å²) in [6, 6.07) is 0. The fourth-order valence-electron chi connectivity index (χ4n) is 1.61. The Bertz CT molecular complexity index is 612. The fraction of sp³-hybridized carbons (Fsp3) is 0.550. The van der Waals surface area contributed by atoms with Gasteiger partial charge in [-0.15, -0.1) is 0 Å². The monoisotopic (exact) mass is 363 g/mol. The Morgan fingerprint density at radius 3 is 1.85 bits per heavy atom. The Labute approximate surface area is 157 Å². The van der Waals surface area contributed by atoms with Gasteiger partial charge in [-0.3, -0.25) is 0 Å². The molecule has 0 N–H and O–H groups in total. The van der Waals surface area contributed by atoms with Gasteiger partial charge in [-0.1, -0.05) is 55.9 Å². The van der Waals surface area contributed by atoms with Gasteiger partial charge in [0.1, 0.15) is 18.3 Å². The van der Waals surface area contributed by atoms with Crippen molar-refractivity contribution in [3.05, 3.63) is 55.1 Å². The van der Waals surface area contributed by atoms with E-state index < -0.39 is 0 Å². The van der Waals surface area contributed by atoms with Crippen LogP contribution in [0.25, 0.3) is 0 Å². The van der Waals surface area contributed by atoms with Gasteiger partial charge in [-0.05, 0) is 0 Å². The molecule has 0 unspecified atom stereocenters. The van der Waals surface area contributed by atoms with E-state index in [0.717, 1.165) is 17.3 Å². The quantitative estimate of drug-likeness (QED) is 0.539. The van der Waals surface area contributed by atoms with Crippen LogP contribution in [0.1, 0.15) is 85.1 Å². The van der Waals surface area contributed by atoms with E-state index in [1.54, 1.807) is 24.9 Å². The highest BCUT2D eigenvalue weighted by molar-refractivity contribution is 5.05. The first-order valence-electron chi connectivity index (χ1n) is 8.38. The van der Waals surface area contributed by atoms with E-state index in [1.807, 2.05) is 13.8 Å². The van der Waals surface area contributed by atoms with Crippen LogP contribution in [0.3, 0.4) is 0 Å². The zero-order valence-corrected chi connectivity index (χ0v) is 16.2. The minimum absolute atomic E-state index is 0. The molecule has 26 heavy (non-hydrogen) atoms. The lowest BCUT2D eigenvalue weighted by molar-refractivity contribution is 0.471. The number of nitrogens with zero attached hydrogens (tertiary/aromatic N) is 3. The van der Waals surface area contributed by atoms with Crippen molar-refractivity contribution in [2.24, 2.45) is 0 Å². The first kappa shape index (κ1) is 23.6. The number of aromatic nitrogens is 3. The standard InChI is InChI=1S/C7H11NO.2C6H9NO.CH4/c1-7(2,3)6-4-9-5-8-6;1-5(2)6-3-7-4-8-6;1-5(2)6-7-3-4-8-6;/h4-5H,1-3H3;2*3-5H,1-2H3;1H4. The lowest BCUT2D eigenvalue weighted by atomic mass is 9.93. The molecule has 3 aromatic rings. The minimum Gasteiger partial charge on any atom is -0.451 e. The third-order valence-corrected chi connectivity index (χ3v) is 3.17. The smallest absolute Gasteiger partial charge is 0.196 e. The minimum atomic E-state index is 0. The van der Waals surface area contributed by atoms with Gasteiger partial charge >= 0.3 is 0 Å². The predicted octanol–water partition coefficient (Wildman–Crippen LogP) is 6.20. The molecule has 0 saturated carbocycles. The summed E-state index contributed by atoms with van der Waals surface area (Å²) in [7, 11) is 0. The van der Waals surface area contributed by atoms with Crippen LogP contribution in [0, 0.1) is 0 Å². The SMILES string of the molecule is C.CC(C)(C)c1cocn1.CC(C)c1cnco1.CC(C)c1ncco1. The molecule has 3 rings (SSSR count). The average molecular weight is 364 g/mol. The lowest BCUT2D eigenvalue weighted by Gasteiger charge is -2.12. The van der Waals surface area contributed by atoms with E-state index >= 15 is 0 Å². The normalized spacial score (nSPS) is 10.5. The van der Waals surface area contributed by atoms with Gasteiger partial charge < -0.3 is 13.3 Å². The van der Waals surface area contributed by atoms with Crippen LogP contribution in [-0.2, 0) is 5.41 Å². The largest absolute Gasteiger partial charge is 0.451 e. The molecule has 0 radical (unpaired) electrons. The molecule has 0 aliphatic rings. The summed E-state index contributed by atoms with van der Waals surface area (Å²) >= 11 is 0. The molecule has 0 saturated heterocycles. The maximum atomic E-state index is 4.98. The van der Waals surface area contributed by atoms with Crippen molar-refractivity contribution >= 4 is 0 Å².